The van der Waals surface area contributed by atoms with E-state index in [1.807, 2.05) is 11.3 Å². The van der Waals surface area contributed by atoms with Crippen molar-refractivity contribution in [3.8, 4) is 0 Å². The fourth-order valence-electron chi connectivity index (χ4n) is 2.23. The van der Waals surface area contributed by atoms with Gasteiger partial charge in [-0.25, -0.2) is 0 Å². The molecule has 0 aromatic carbocycles. The van der Waals surface area contributed by atoms with Gasteiger partial charge in [0.15, 0.2) is 0 Å². The lowest BCUT2D eigenvalue weighted by molar-refractivity contribution is 0.127. The van der Waals surface area contributed by atoms with Crippen molar-refractivity contribution >= 4 is 27.3 Å². The predicted octanol–water partition coefficient (Wildman–Crippen LogP) is 3.46. The summed E-state index contributed by atoms with van der Waals surface area (Å²) in [5.41, 5.74) is 0. The van der Waals surface area contributed by atoms with Crippen molar-refractivity contribution in [2.45, 2.75) is 32.3 Å². The van der Waals surface area contributed by atoms with E-state index in [0.717, 1.165) is 12.8 Å². The third-order valence-corrected chi connectivity index (χ3v) is 4.92. The van der Waals surface area contributed by atoms with Gasteiger partial charge in [-0.2, -0.15) is 0 Å². The van der Waals surface area contributed by atoms with Gasteiger partial charge in [-0.1, -0.05) is 6.92 Å². The zero-order valence-electron chi connectivity index (χ0n) is 8.24. The molecule has 1 nitrogen and oxygen atoms in total. The van der Waals surface area contributed by atoms with Crippen molar-refractivity contribution in [3.05, 3.63) is 20.8 Å². The molecule has 1 heterocycles. The third-order valence-electron chi connectivity index (χ3n) is 3.28. The summed E-state index contributed by atoms with van der Waals surface area (Å²) in [4.78, 5) is 1.43. The largest absolute Gasteiger partial charge is 0.393 e. The molecule has 14 heavy (non-hydrogen) atoms. The minimum atomic E-state index is -0.0663. The zero-order chi connectivity index (χ0) is 10.1. The van der Waals surface area contributed by atoms with Crippen LogP contribution in [0.1, 0.15) is 24.6 Å². The molecule has 1 fully saturated rings. The molecule has 0 saturated heterocycles. The molecule has 0 bridgehead atoms. The predicted molar refractivity (Wildman–Crippen MR) is 63.6 cm³/mol. The summed E-state index contributed by atoms with van der Waals surface area (Å²) in [6, 6.07) is 4.29. The molecule has 1 N–H and O–H groups in total. The quantitative estimate of drug-likeness (QED) is 0.876. The van der Waals surface area contributed by atoms with Crippen LogP contribution >= 0.6 is 27.3 Å². The lowest BCUT2D eigenvalue weighted by Gasteiger charge is -2.16. The van der Waals surface area contributed by atoms with Crippen LogP contribution in [0.3, 0.4) is 0 Å². The molecule has 1 saturated carbocycles. The summed E-state index contributed by atoms with van der Waals surface area (Å²) in [6.07, 6.45) is 3.23. The van der Waals surface area contributed by atoms with Gasteiger partial charge in [0.1, 0.15) is 0 Å². The Labute approximate surface area is 97.3 Å². The summed E-state index contributed by atoms with van der Waals surface area (Å²) in [7, 11) is 0. The molecule has 1 aliphatic carbocycles. The SMILES string of the molecule is CC1C(O)CCC1Cc1ccc(Br)s1. The molecular formula is C11H15BrOS. The number of aliphatic hydroxyl groups excluding tert-OH is 1. The van der Waals surface area contributed by atoms with Crippen molar-refractivity contribution in [1.82, 2.24) is 0 Å². The van der Waals surface area contributed by atoms with Crippen LogP contribution < -0.4 is 0 Å². The van der Waals surface area contributed by atoms with E-state index in [1.54, 1.807) is 0 Å². The van der Waals surface area contributed by atoms with E-state index in [2.05, 4.69) is 35.0 Å². The first kappa shape index (κ1) is 10.7. The molecule has 0 radical (unpaired) electrons. The molecular weight excluding hydrogens is 260 g/mol. The van der Waals surface area contributed by atoms with Gasteiger partial charge in [0.2, 0.25) is 0 Å². The monoisotopic (exact) mass is 274 g/mol. The molecule has 0 amide bonds. The Bertz CT molecular complexity index is 310. The molecule has 78 valence electrons. The first-order valence-corrected chi connectivity index (χ1v) is 6.70. The van der Waals surface area contributed by atoms with Gasteiger partial charge >= 0.3 is 0 Å². The van der Waals surface area contributed by atoms with E-state index in [9.17, 15) is 5.11 Å². The minimum Gasteiger partial charge on any atom is -0.393 e. The highest BCUT2D eigenvalue weighted by Gasteiger charge is 2.31. The van der Waals surface area contributed by atoms with Crippen LogP contribution in [-0.2, 0) is 6.42 Å². The van der Waals surface area contributed by atoms with E-state index in [0.29, 0.717) is 11.8 Å². The Morgan fingerprint density at radius 1 is 1.50 bits per heavy atom. The van der Waals surface area contributed by atoms with Crippen LogP contribution in [0.15, 0.2) is 15.9 Å². The van der Waals surface area contributed by atoms with Crippen LogP contribution in [-0.4, -0.2) is 11.2 Å². The number of rotatable bonds is 2. The smallest absolute Gasteiger partial charge is 0.0701 e. The minimum absolute atomic E-state index is 0.0663. The van der Waals surface area contributed by atoms with Crippen LogP contribution in [0.25, 0.3) is 0 Å². The fraction of sp³-hybridized carbons (Fsp3) is 0.636. The Morgan fingerprint density at radius 3 is 2.79 bits per heavy atom. The highest BCUT2D eigenvalue weighted by Crippen LogP contribution is 2.36. The number of aliphatic hydroxyl groups is 1. The standard InChI is InChI=1S/C11H15BrOS/c1-7-8(2-4-10(7)13)6-9-3-5-11(12)14-9/h3,5,7-8,10,13H,2,4,6H2,1H3. The molecule has 0 aliphatic heterocycles. The van der Waals surface area contributed by atoms with Crippen LogP contribution in [0, 0.1) is 11.8 Å². The Kier molecular flexibility index (Phi) is 3.30. The molecule has 2 rings (SSSR count). The second-order valence-electron chi connectivity index (χ2n) is 4.17. The zero-order valence-corrected chi connectivity index (χ0v) is 10.6. The van der Waals surface area contributed by atoms with Gasteiger partial charge in [0, 0.05) is 4.88 Å². The fourth-order valence-corrected chi connectivity index (χ4v) is 3.81. The maximum absolute atomic E-state index is 9.65. The van der Waals surface area contributed by atoms with Gasteiger partial charge < -0.3 is 5.11 Å². The lowest BCUT2D eigenvalue weighted by Crippen LogP contribution is -2.16. The number of thiophene rings is 1. The normalized spacial score (nSPS) is 32.4. The summed E-state index contributed by atoms with van der Waals surface area (Å²) >= 11 is 5.29. The molecule has 3 heteroatoms. The van der Waals surface area contributed by atoms with Gasteiger partial charge in [-0.15, -0.1) is 11.3 Å². The average Bonchev–Trinajstić information content (AvgIpc) is 2.67. The number of halogens is 1. The van der Waals surface area contributed by atoms with Gasteiger partial charge in [0.05, 0.1) is 9.89 Å². The van der Waals surface area contributed by atoms with E-state index in [-0.39, 0.29) is 6.10 Å². The maximum Gasteiger partial charge on any atom is 0.0701 e. The van der Waals surface area contributed by atoms with Crippen molar-refractivity contribution < 1.29 is 5.11 Å². The van der Waals surface area contributed by atoms with Crippen LogP contribution in [0.2, 0.25) is 0 Å². The second kappa shape index (κ2) is 4.33. The van der Waals surface area contributed by atoms with Crippen molar-refractivity contribution in [2.24, 2.45) is 11.8 Å². The Morgan fingerprint density at radius 2 is 2.29 bits per heavy atom. The summed E-state index contributed by atoms with van der Waals surface area (Å²) in [5.74, 6) is 1.14. The van der Waals surface area contributed by atoms with Gasteiger partial charge in [-0.3, -0.25) is 0 Å². The first-order chi connectivity index (χ1) is 6.66. The summed E-state index contributed by atoms with van der Waals surface area (Å²) in [6.45, 7) is 2.17. The molecule has 3 atom stereocenters. The molecule has 1 aromatic rings. The number of hydrogen-bond acceptors (Lipinski definition) is 2. The number of hydrogen-bond donors (Lipinski definition) is 1. The average molecular weight is 275 g/mol. The highest BCUT2D eigenvalue weighted by atomic mass is 79.9. The lowest BCUT2D eigenvalue weighted by atomic mass is 9.93. The maximum atomic E-state index is 9.65. The van der Waals surface area contributed by atoms with E-state index in [1.165, 1.54) is 15.1 Å². The Hall–Kier alpha value is 0.140. The van der Waals surface area contributed by atoms with Gasteiger partial charge in [0.25, 0.3) is 0 Å². The van der Waals surface area contributed by atoms with E-state index in [4.69, 9.17) is 0 Å². The highest BCUT2D eigenvalue weighted by molar-refractivity contribution is 9.11. The topological polar surface area (TPSA) is 20.2 Å². The Balaban J connectivity index is 1.98. The molecule has 1 aliphatic rings. The molecule has 0 spiro atoms. The third kappa shape index (κ3) is 2.20. The van der Waals surface area contributed by atoms with Crippen molar-refractivity contribution in [2.75, 3.05) is 0 Å². The summed E-state index contributed by atoms with van der Waals surface area (Å²) in [5, 5.41) is 9.65. The molecule has 3 unspecified atom stereocenters. The van der Waals surface area contributed by atoms with E-state index < -0.39 is 0 Å². The summed E-state index contributed by atoms with van der Waals surface area (Å²) < 4.78 is 1.21. The molecule has 1 aromatic heterocycles. The second-order valence-corrected chi connectivity index (χ2v) is 6.72. The van der Waals surface area contributed by atoms with Crippen molar-refractivity contribution in [3.63, 3.8) is 0 Å². The van der Waals surface area contributed by atoms with Crippen LogP contribution in [0.4, 0.5) is 0 Å². The van der Waals surface area contributed by atoms with Crippen LogP contribution in [0.5, 0.6) is 0 Å². The van der Waals surface area contributed by atoms with Gasteiger partial charge in [-0.05, 0) is 59.2 Å². The van der Waals surface area contributed by atoms with E-state index >= 15 is 0 Å². The first-order valence-electron chi connectivity index (χ1n) is 5.09. The van der Waals surface area contributed by atoms with Crippen molar-refractivity contribution in [1.29, 1.82) is 0 Å².